The highest BCUT2D eigenvalue weighted by Crippen LogP contribution is 2.45. The predicted octanol–water partition coefficient (Wildman–Crippen LogP) is 6.34. The monoisotopic (exact) mass is 599 g/mol. The van der Waals surface area contributed by atoms with E-state index >= 15 is 0 Å². The van der Waals surface area contributed by atoms with Gasteiger partial charge in [0.05, 0.1) is 42.9 Å². The first-order valence-electron chi connectivity index (χ1n) is 15.5. The molecule has 2 saturated heterocycles. The fourth-order valence-electron chi connectivity index (χ4n) is 6.78. The van der Waals surface area contributed by atoms with Gasteiger partial charge in [-0.25, -0.2) is 14.2 Å². The third-order valence-electron chi connectivity index (χ3n) is 9.39. The molecule has 1 unspecified atom stereocenters. The molecule has 4 atom stereocenters. The molecular formula is C35H38FN3O5. The van der Waals surface area contributed by atoms with Gasteiger partial charge in [-0.2, -0.15) is 0 Å². The number of benzene rings is 3. The highest BCUT2D eigenvalue weighted by Gasteiger charge is 2.34. The quantitative estimate of drug-likeness (QED) is 0.230. The third-order valence-corrected chi connectivity index (χ3v) is 9.39. The summed E-state index contributed by atoms with van der Waals surface area (Å²) in [4.78, 5) is 19.8. The minimum Gasteiger partial charge on any atom is -0.485 e. The van der Waals surface area contributed by atoms with Gasteiger partial charge in [-0.1, -0.05) is 24.3 Å². The van der Waals surface area contributed by atoms with Crippen molar-refractivity contribution in [3.63, 3.8) is 0 Å². The molecule has 0 bridgehead atoms. The molecule has 0 aliphatic carbocycles. The largest absolute Gasteiger partial charge is 0.485 e. The number of imidazole rings is 1. The Labute approximate surface area is 256 Å². The Morgan fingerprint density at radius 2 is 1.98 bits per heavy atom. The molecule has 3 aliphatic rings. The van der Waals surface area contributed by atoms with Gasteiger partial charge in [-0.3, -0.25) is 4.90 Å². The number of hydrogen-bond acceptors (Lipinski definition) is 7. The maximum atomic E-state index is 14.8. The van der Waals surface area contributed by atoms with E-state index in [-0.39, 0.29) is 30.4 Å². The van der Waals surface area contributed by atoms with Crippen molar-refractivity contribution in [2.24, 2.45) is 0 Å². The number of nitrogens with zero attached hydrogens (tertiary/aromatic N) is 3. The zero-order valence-corrected chi connectivity index (χ0v) is 25.4. The van der Waals surface area contributed by atoms with Crippen molar-refractivity contribution in [1.29, 1.82) is 0 Å². The standard InChI is InChI=1S/C35H38FN3O5/c1-21-7-9-27(28(36)15-21)32-20-43-31-6-4-5-26(34(31)44-32)23-11-13-38(22(2)16-23)19-33-37-29-10-8-24(35(40)41-3)17-30(29)39(33)18-25-12-14-42-25/h4-10,15,17,22-23,25,32H,11-14,16,18-20H2,1-3H3/t22-,23?,25-,32-/m0/s1. The van der Waals surface area contributed by atoms with Crippen molar-refractivity contribution in [2.75, 3.05) is 26.9 Å². The number of aryl methyl sites for hydroxylation is 1. The highest BCUT2D eigenvalue weighted by molar-refractivity contribution is 5.93. The average Bonchev–Trinajstić information content (AvgIpc) is 3.34. The van der Waals surface area contributed by atoms with Crippen LogP contribution in [0.25, 0.3) is 11.0 Å². The molecule has 4 heterocycles. The topological polar surface area (TPSA) is 75.0 Å². The lowest BCUT2D eigenvalue weighted by Crippen LogP contribution is -2.40. The SMILES string of the molecule is COC(=O)c1ccc2nc(CN3CCC(c4cccc5c4O[C@H](c4ccc(C)cc4F)CO5)C[C@@H]3C)n(C[C@@H]3CCO3)c2c1. The molecule has 3 aromatic carbocycles. The molecule has 44 heavy (non-hydrogen) atoms. The fourth-order valence-corrected chi connectivity index (χ4v) is 6.78. The third kappa shape index (κ3) is 5.43. The van der Waals surface area contributed by atoms with Crippen molar-refractivity contribution >= 4 is 17.0 Å². The lowest BCUT2D eigenvalue weighted by molar-refractivity contribution is -0.0592. The van der Waals surface area contributed by atoms with Crippen LogP contribution in [0.5, 0.6) is 11.5 Å². The Balaban J connectivity index is 1.10. The molecule has 8 nitrogen and oxygen atoms in total. The Kier molecular flexibility index (Phi) is 7.76. The average molecular weight is 600 g/mol. The van der Waals surface area contributed by atoms with Gasteiger partial charge in [0, 0.05) is 23.8 Å². The Hall–Kier alpha value is -3.95. The fraction of sp³-hybridized carbons (Fsp3) is 0.429. The highest BCUT2D eigenvalue weighted by atomic mass is 19.1. The summed E-state index contributed by atoms with van der Waals surface area (Å²) in [7, 11) is 1.40. The number of carbonyl (C=O) groups is 1. The molecule has 0 spiro atoms. The number of piperidine rings is 1. The molecule has 4 aromatic rings. The molecule has 7 rings (SSSR count). The van der Waals surface area contributed by atoms with E-state index in [1.54, 1.807) is 18.2 Å². The van der Waals surface area contributed by atoms with E-state index in [9.17, 15) is 9.18 Å². The summed E-state index contributed by atoms with van der Waals surface area (Å²) >= 11 is 0. The number of halogens is 1. The van der Waals surface area contributed by atoms with Crippen LogP contribution < -0.4 is 9.47 Å². The van der Waals surface area contributed by atoms with Crippen LogP contribution in [0.15, 0.2) is 54.6 Å². The summed E-state index contributed by atoms with van der Waals surface area (Å²) in [5.74, 6) is 2.09. The number of ether oxygens (including phenoxy) is 4. The number of hydrogen-bond donors (Lipinski definition) is 0. The van der Waals surface area contributed by atoms with Crippen LogP contribution in [0.1, 0.15) is 71.1 Å². The van der Waals surface area contributed by atoms with Crippen molar-refractivity contribution in [3.05, 3.63) is 88.5 Å². The predicted molar refractivity (Wildman–Crippen MR) is 164 cm³/mol. The van der Waals surface area contributed by atoms with Crippen LogP contribution in [0, 0.1) is 12.7 Å². The van der Waals surface area contributed by atoms with E-state index in [0.717, 1.165) is 71.9 Å². The summed E-state index contributed by atoms with van der Waals surface area (Å²) in [6.07, 6.45) is 2.57. The second kappa shape index (κ2) is 11.9. The van der Waals surface area contributed by atoms with E-state index < -0.39 is 6.10 Å². The van der Waals surface area contributed by atoms with Gasteiger partial charge in [0.2, 0.25) is 0 Å². The number of carbonyl (C=O) groups excluding carboxylic acids is 1. The molecule has 230 valence electrons. The Morgan fingerprint density at radius 3 is 2.73 bits per heavy atom. The molecule has 1 aromatic heterocycles. The minimum absolute atomic E-state index is 0.153. The van der Waals surface area contributed by atoms with Crippen LogP contribution >= 0.6 is 0 Å². The first-order chi connectivity index (χ1) is 21.4. The van der Waals surface area contributed by atoms with Crippen LogP contribution in [0.3, 0.4) is 0 Å². The first kappa shape index (κ1) is 28.8. The smallest absolute Gasteiger partial charge is 0.337 e. The van der Waals surface area contributed by atoms with Gasteiger partial charge >= 0.3 is 5.97 Å². The van der Waals surface area contributed by atoms with Crippen molar-refractivity contribution in [2.45, 2.75) is 70.4 Å². The number of para-hydroxylation sites is 1. The first-order valence-corrected chi connectivity index (χ1v) is 15.5. The number of aromatic nitrogens is 2. The number of esters is 1. The second-order valence-corrected chi connectivity index (χ2v) is 12.3. The Bertz CT molecular complexity index is 1700. The van der Waals surface area contributed by atoms with Crippen molar-refractivity contribution in [1.82, 2.24) is 14.5 Å². The molecule has 2 fully saturated rings. The molecule has 0 N–H and O–H groups in total. The van der Waals surface area contributed by atoms with Crippen LogP contribution in [0.2, 0.25) is 0 Å². The summed E-state index contributed by atoms with van der Waals surface area (Å²) in [5.41, 5.74) is 4.82. The Morgan fingerprint density at radius 1 is 1.11 bits per heavy atom. The number of rotatable bonds is 7. The normalized spacial score (nSPS) is 23.4. The van der Waals surface area contributed by atoms with E-state index in [4.69, 9.17) is 23.9 Å². The number of fused-ring (bicyclic) bond motifs is 2. The van der Waals surface area contributed by atoms with Crippen LogP contribution in [-0.4, -0.2) is 59.4 Å². The van der Waals surface area contributed by atoms with Crippen LogP contribution in [0.4, 0.5) is 4.39 Å². The van der Waals surface area contributed by atoms with Gasteiger partial charge < -0.3 is 23.5 Å². The van der Waals surface area contributed by atoms with Crippen LogP contribution in [-0.2, 0) is 22.6 Å². The molecular weight excluding hydrogens is 561 g/mol. The summed E-state index contributed by atoms with van der Waals surface area (Å²) in [6, 6.07) is 17.2. The van der Waals surface area contributed by atoms with Gasteiger partial charge in [-0.05, 0) is 81.5 Å². The summed E-state index contributed by atoms with van der Waals surface area (Å²) in [6.45, 7) is 7.50. The van der Waals surface area contributed by atoms with E-state index in [2.05, 4.69) is 22.5 Å². The lowest BCUT2D eigenvalue weighted by atomic mass is 9.85. The maximum Gasteiger partial charge on any atom is 0.337 e. The number of likely N-dealkylation sites (tertiary alicyclic amines) is 1. The zero-order chi connectivity index (χ0) is 30.4. The number of methoxy groups -OCH3 is 1. The minimum atomic E-state index is -0.492. The van der Waals surface area contributed by atoms with E-state index in [1.807, 2.05) is 37.3 Å². The van der Waals surface area contributed by atoms with Gasteiger partial charge in [0.15, 0.2) is 17.6 Å². The molecule has 3 aliphatic heterocycles. The van der Waals surface area contributed by atoms with Crippen molar-refractivity contribution < 1.29 is 28.1 Å². The summed E-state index contributed by atoms with van der Waals surface area (Å²) in [5, 5.41) is 0. The lowest BCUT2D eigenvalue weighted by Gasteiger charge is -2.39. The molecule has 0 saturated carbocycles. The van der Waals surface area contributed by atoms with Crippen molar-refractivity contribution in [3.8, 4) is 11.5 Å². The van der Waals surface area contributed by atoms with E-state index in [0.29, 0.717) is 30.3 Å². The van der Waals surface area contributed by atoms with E-state index in [1.165, 1.54) is 7.11 Å². The molecule has 0 amide bonds. The van der Waals surface area contributed by atoms with Gasteiger partial charge in [-0.15, -0.1) is 0 Å². The molecule has 0 radical (unpaired) electrons. The van der Waals surface area contributed by atoms with Gasteiger partial charge in [0.1, 0.15) is 18.2 Å². The summed E-state index contributed by atoms with van der Waals surface area (Å²) < 4.78 is 40.4. The zero-order valence-electron chi connectivity index (χ0n) is 25.4. The molecule has 9 heteroatoms. The second-order valence-electron chi connectivity index (χ2n) is 12.3. The maximum absolute atomic E-state index is 14.8. The van der Waals surface area contributed by atoms with Gasteiger partial charge in [0.25, 0.3) is 0 Å².